The van der Waals surface area contributed by atoms with Gasteiger partial charge in [0.05, 0.1) is 20.2 Å². The monoisotopic (exact) mass is 259 g/mol. The van der Waals surface area contributed by atoms with E-state index in [0.717, 1.165) is 17.1 Å². The van der Waals surface area contributed by atoms with Gasteiger partial charge in [-0.3, -0.25) is 0 Å². The summed E-state index contributed by atoms with van der Waals surface area (Å²) in [6, 6.07) is 8.57. The van der Waals surface area contributed by atoms with Crippen molar-refractivity contribution in [1.29, 1.82) is 0 Å². The molecule has 1 saturated carbocycles. The Labute approximate surface area is 111 Å². The molecular formula is C13H17N5O. The predicted octanol–water partition coefficient (Wildman–Crippen LogP) is 0.982. The second-order valence-corrected chi connectivity index (χ2v) is 4.72. The molecule has 1 aromatic carbocycles. The Bertz CT molecular complexity index is 549. The molecular weight excluding hydrogens is 242 g/mol. The van der Waals surface area contributed by atoms with Crippen molar-refractivity contribution in [2.75, 3.05) is 7.11 Å². The number of nitrogens with zero attached hydrogens (tertiary/aromatic N) is 4. The minimum atomic E-state index is 0.624. The lowest BCUT2D eigenvalue weighted by atomic mass is 10.2. The largest absolute Gasteiger partial charge is 0.496 e. The number of benzene rings is 1. The molecule has 100 valence electrons. The van der Waals surface area contributed by atoms with E-state index in [-0.39, 0.29) is 0 Å². The Kier molecular flexibility index (Phi) is 3.41. The lowest BCUT2D eigenvalue weighted by molar-refractivity contribution is 0.406. The van der Waals surface area contributed by atoms with Gasteiger partial charge in [0.1, 0.15) is 5.75 Å². The van der Waals surface area contributed by atoms with Crippen LogP contribution in [0.25, 0.3) is 0 Å². The molecule has 6 nitrogen and oxygen atoms in total. The molecule has 1 aromatic heterocycles. The van der Waals surface area contributed by atoms with Crippen LogP contribution in [-0.2, 0) is 13.1 Å². The van der Waals surface area contributed by atoms with Gasteiger partial charge in [0.15, 0.2) is 5.82 Å². The van der Waals surface area contributed by atoms with Gasteiger partial charge in [0.2, 0.25) is 0 Å². The molecule has 0 aliphatic heterocycles. The van der Waals surface area contributed by atoms with Crippen molar-refractivity contribution < 1.29 is 4.74 Å². The van der Waals surface area contributed by atoms with Crippen LogP contribution in [-0.4, -0.2) is 33.4 Å². The molecule has 0 bridgehead atoms. The second kappa shape index (κ2) is 5.36. The van der Waals surface area contributed by atoms with Gasteiger partial charge in [-0.15, -0.1) is 5.10 Å². The number of rotatable bonds is 6. The summed E-state index contributed by atoms with van der Waals surface area (Å²) in [5.74, 6) is 1.72. The SMILES string of the molecule is COc1ccccc1Cn1nnnc1CNC1CC1. The lowest BCUT2D eigenvalue weighted by Crippen LogP contribution is -2.19. The molecule has 0 saturated heterocycles. The van der Waals surface area contributed by atoms with E-state index in [2.05, 4.69) is 20.8 Å². The molecule has 0 radical (unpaired) electrons. The molecule has 0 spiro atoms. The highest BCUT2D eigenvalue weighted by Gasteiger charge is 2.21. The molecule has 1 fully saturated rings. The fourth-order valence-corrected chi connectivity index (χ4v) is 1.99. The summed E-state index contributed by atoms with van der Waals surface area (Å²) in [5, 5.41) is 15.3. The molecule has 1 N–H and O–H groups in total. The van der Waals surface area contributed by atoms with E-state index in [4.69, 9.17) is 4.74 Å². The quantitative estimate of drug-likeness (QED) is 0.837. The van der Waals surface area contributed by atoms with Gasteiger partial charge in [-0.1, -0.05) is 18.2 Å². The topological polar surface area (TPSA) is 64.9 Å². The standard InChI is InChI=1S/C13H17N5O/c1-19-12-5-3-2-4-10(12)9-18-13(15-16-17-18)8-14-11-6-7-11/h2-5,11,14H,6-9H2,1H3. The summed E-state index contributed by atoms with van der Waals surface area (Å²) in [6.45, 7) is 1.34. The average molecular weight is 259 g/mol. The first-order valence-electron chi connectivity index (χ1n) is 6.47. The summed E-state index contributed by atoms with van der Waals surface area (Å²) >= 11 is 0. The number of ether oxygens (including phenoxy) is 1. The van der Waals surface area contributed by atoms with Crippen molar-refractivity contribution in [3.05, 3.63) is 35.7 Å². The van der Waals surface area contributed by atoms with Gasteiger partial charge < -0.3 is 10.1 Å². The Morgan fingerprint density at radius 2 is 2.21 bits per heavy atom. The number of methoxy groups -OCH3 is 1. The summed E-state index contributed by atoms with van der Waals surface area (Å²) in [5.41, 5.74) is 1.07. The third-order valence-corrected chi connectivity index (χ3v) is 3.24. The van der Waals surface area contributed by atoms with Crippen molar-refractivity contribution in [1.82, 2.24) is 25.5 Å². The zero-order valence-electron chi connectivity index (χ0n) is 10.9. The number of aromatic nitrogens is 4. The van der Waals surface area contributed by atoms with Gasteiger partial charge in [0, 0.05) is 11.6 Å². The van der Waals surface area contributed by atoms with Crippen molar-refractivity contribution in [2.24, 2.45) is 0 Å². The Morgan fingerprint density at radius 1 is 1.37 bits per heavy atom. The third kappa shape index (κ3) is 2.90. The van der Waals surface area contributed by atoms with Crippen molar-refractivity contribution in [3.63, 3.8) is 0 Å². The first-order chi connectivity index (χ1) is 9.36. The van der Waals surface area contributed by atoms with Crippen LogP contribution in [0.2, 0.25) is 0 Å². The van der Waals surface area contributed by atoms with Crippen LogP contribution >= 0.6 is 0 Å². The number of hydrogen-bond donors (Lipinski definition) is 1. The van der Waals surface area contributed by atoms with Gasteiger partial charge in [0.25, 0.3) is 0 Å². The average Bonchev–Trinajstić information content (AvgIpc) is 3.17. The van der Waals surface area contributed by atoms with Crippen LogP contribution in [0.15, 0.2) is 24.3 Å². The molecule has 0 atom stereocenters. The molecule has 1 aliphatic rings. The maximum absolute atomic E-state index is 5.34. The smallest absolute Gasteiger partial charge is 0.165 e. The minimum Gasteiger partial charge on any atom is -0.496 e. The number of nitrogens with one attached hydrogen (secondary N) is 1. The van der Waals surface area contributed by atoms with E-state index < -0.39 is 0 Å². The van der Waals surface area contributed by atoms with Crippen LogP contribution in [0.1, 0.15) is 24.2 Å². The highest BCUT2D eigenvalue weighted by Crippen LogP contribution is 2.20. The van der Waals surface area contributed by atoms with Crippen LogP contribution < -0.4 is 10.1 Å². The predicted molar refractivity (Wildman–Crippen MR) is 69.8 cm³/mol. The zero-order chi connectivity index (χ0) is 13.1. The molecule has 0 unspecified atom stereocenters. The van der Waals surface area contributed by atoms with E-state index in [1.807, 2.05) is 28.9 Å². The normalized spacial score (nSPS) is 14.6. The summed E-state index contributed by atoms with van der Waals surface area (Å²) in [6.07, 6.45) is 2.52. The van der Waals surface area contributed by atoms with Crippen molar-refractivity contribution in [2.45, 2.75) is 32.0 Å². The molecule has 19 heavy (non-hydrogen) atoms. The molecule has 2 aromatic rings. The highest BCUT2D eigenvalue weighted by molar-refractivity contribution is 5.33. The van der Waals surface area contributed by atoms with E-state index in [1.54, 1.807) is 7.11 Å². The van der Waals surface area contributed by atoms with Crippen LogP contribution in [0.4, 0.5) is 0 Å². The molecule has 1 heterocycles. The fourth-order valence-electron chi connectivity index (χ4n) is 1.99. The maximum atomic E-state index is 5.34. The molecule has 0 amide bonds. The first-order valence-corrected chi connectivity index (χ1v) is 6.47. The van der Waals surface area contributed by atoms with Gasteiger partial charge >= 0.3 is 0 Å². The van der Waals surface area contributed by atoms with Crippen molar-refractivity contribution in [3.8, 4) is 5.75 Å². The number of hydrogen-bond acceptors (Lipinski definition) is 5. The molecule has 3 rings (SSSR count). The van der Waals surface area contributed by atoms with Crippen LogP contribution in [0.5, 0.6) is 5.75 Å². The molecule has 6 heteroatoms. The maximum Gasteiger partial charge on any atom is 0.165 e. The summed E-state index contributed by atoms with van der Waals surface area (Å²) in [4.78, 5) is 0. The number of para-hydroxylation sites is 1. The zero-order valence-corrected chi connectivity index (χ0v) is 10.9. The second-order valence-electron chi connectivity index (χ2n) is 4.72. The Morgan fingerprint density at radius 3 is 3.00 bits per heavy atom. The summed E-state index contributed by atoms with van der Waals surface area (Å²) < 4.78 is 7.16. The van der Waals surface area contributed by atoms with Crippen molar-refractivity contribution >= 4 is 0 Å². The summed E-state index contributed by atoms with van der Waals surface area (Å²) in [7, 11) is 1.67. The van der Waals surface area contributed by atoms with Gasteiger partial charge in [-0.05, 0) is 29.3 Å². The fraction of sp³-hybridized carbons (Fsp3) is 0.462. The van der Waals surface area contributed by atoms with Crippen LogP contribution in [0.3, 0.4) is 0 Å². The first kappa shape index (κ1) is 12.1. The van der Waals surface area contributed by atoms with E-state index in [9.17, 15) is 0 Å². The highest BCUT2D eigenvalue weighted by atomic mass is 16.5. The Balaban J connectivity index is 1.73. The van der Waals surface area contributed by atoms with E-state index >= 15 is 0 Å². The van der Waals surface area contributed by atoms with Crippen LogP contribution in [0, 0.1) is 0 Å². The minimum absolute atomic E-state index is 0.624. The van der Waals surface area contributed by atoms with E-state index in [0.29, 0.717) is 19.1 Å². The van der Waals surface area contributed by atoms with E-state index in [1.165, 1.54) is 12.8 Å². The Hall–Kier alpha value is -1.95. The van der Waals surface area contributed by atoms with Gasteiger partial charge in [-0.2, -0.15) is 0 Å². The molecule has 1 aliphatic carbocycles. The number of tetrazole rings is 1. The third-order valence-electron chi connectivity index (χ3n) is 3.24. The lowest BCUT2D eigenvalue weighted by Gasteiger charge is -2.09. The van der Waals surface area contributed by atoms with Gasteiger partial charge in [-0.25, -0.2) is 4.68 Å².